The lowest BCUT2D eigenvalue weighted by molar-refractivity contribution is 0.308. The summed E-state index contributed by atoms with van der Waals surface area (Å²) in [6.07, 6.45) is 1.72. The van der Waals surface area contributed by atoms with E-state index in [1.807, 2.05) is 12.1 Å². The van der Waals surface area contributed by atoms with Crippen LogP contribution in [-0.2, 0) is 0 Å². The van der Waals surface area contributed by atoms with E-state index in [4.69, 9.17) is 4.52 Å². The van der Waals surface area contributed by atoms with Gasteiger partial charge in [0.25, 0.3) is 0 Å². The minimum absolute atomic E-state index is 0.358. The molecule has 0 radical (unpaired) electrons. The first-order chi connectivity index (χ1) is 7.83. The van der Waals surface area contributed by atoms with E-state index in [1.165, 1.54) is 0 Å². The molecule has 2 aromatic heterocycles. The van der Waals surface area contributed by atoms with Crippen molar-refractivity contribution in [1.82, 2.24) is 20.4 Å². The van der Waals surface area contributed by atoms with Crippen molar-refractivity contribution in [2.24, 2.45) is 0 Å². The molecule has 0 bridgehead atoms. The molecule has 0 aliphatic carbocycles. The Morgan fingerprint density at radius 2 is 2.25 bits per heavy atom. The van der Waals surface area contributed by atoms with Gasteiger partial charge in [0.05, 0.1) is 5.92 Å². The van der Waals surface area contributed by atoms with Gasteiger partial charge in [0, 0.05) is 23.8 Å². The van der Waals surface area contributed by atoms with Crippen LogP contribution in [-0.4, -0.2) is 28.2 Å². The van der Waals surface area contributed by atoms with E-state index in [1.54, 1.807) is 6.20 Å². The van der Waals surface area contributed by atoms with Crippen molar-refractivity contribution in [3.05, 3.63) is 28.7 Å². The van der Waals surface area contributed by atoms with Crippen LogP contribution in [0, 0.1) is 0 Å². The summed E-state index contributed by atoms with van der Waals surface area (Å²) in [5.74, 6) is 1.60. The molecule has 0 saturated carbocycles. The Hall–Kier alpha value is -1.27. The molecule has 1 N–H and O–H groups in total. The minimum Gasteiger partial charge on any atom is -0.339 e. The maximum absolute atomic E-state index is 5.20. The second-order valence-corrected chi connectivity index (χ2v) is 4.59. The van der Waals surface area contributed by atoms with Gasteiger partial charge in [0.15, 0.2) is 0 Å². The van der Waals surface area contributed by atoms with Crippen LogP contribution < -0.4 is 5.32 Å². The van der Waals surface area contributed by atoms with Crippen LogP contribution in [0.3, 0.4) is 0 Å². The number of halogens is 1. The van der Waals surface area contributed by atoms with Crippen LogP contribution in [0.2, 0.25) is 0 Å². The molecule has 0 amide bonds. The number of rotatable bonds is 2. The molecular formula is C10H9BrN4O. The Morgan fingerprint density at radius 1 is 1.38 bits per heavy atom. The van der Waals surface area contributed by atoms with Crippen molar-refractivity contribution in [2.75, 3.05) is 13.1 Å². The van der Waals surface area contributed by atoms with Crippen LogP contribution in [0.25, 0.3) is 11.5 Å². The Morgan fingerprint density at radius 3 is 2.88 bits per heavy atom. The largest absolute Gasteiger partial charge is 0.339 e. The Balaban J connectivity index is 1.88. The summed E-state index contributed by atoms with van der Waals surface area (Å²) in [5, 5.41) is 7.09. The quantitative estimate of drug-likeness (QED) is 0.905. The van der Waals surface area contributed by atoms with Crippen molar-refractivity contribution >= 4 is 15.9 Å². The molecular weight excluding hydrogens is 272 g/mol. The van der Waals surface area contributed by atoms with Gasteiger partial charge in [-0.05, 0) is 28.1 Å². The summed E-state index contributed by atoms with van der Waals surface area (Å²) in [5.41, 5.74) is 0.727. The first-order valence-electron chi connectivity index (χ1n) is 4.99. The van der Waals surface area contributed by atoms with E-state index in [9.17, 15) is 0 Å². The fourth-order valence-corrected chi connectivity index (χ4v) is 1.71. The van der Waals surface area contributed by atoms with Crippen molar-refractivity contribution in [3.8, 4) is 11.5 Å². The minimum atomic E-state index is 0.358. The van der Waals surface area contributed by atoms with Crippen LogP contribution >= 0.6 is 15.9 Å². The number of pyridine rings is 1. The molecule has 1 aliphatic heterocycles. The maximum atomic E-state index is 5.20. The van der Waals surface area contributed by atoms with Crippen LogP contribution in [0.4, 0.5) is 0 Å². The van der Waals surface area contributed by atoms with E-state index in [0.717, 1.165) is 23.3 Å². The van der Waals surface area contributed by atoms with Crippen molar-refractivity contribution < 1.29 is 4.52 Å². The van der Waals surface area contributed by atoms with Gasteiger partial charge in [-0.3, -0.25) is 4.98 Å². The van der Waals surface area contributed by atoms with Crippen molar-refractivity contribution in [1.29, 1.82) is 0 Å². The Bertz CT molecular complexity index is 492. The van der Waals surface area contributed by atoms with Gasteiger partial charge >= 0.3 is 0 Å². The molecule has 3 rings (SSSR count). The first kappa shape index (κ1) is 9.92. The highest BCUT2D eigenvalue weighted by Gasteiger charge is 2.25. The highest BCUT2D eigenvalue weighted by atomic mass is 79.9. The van der Waals surface area contributed by atoms with Gasteiger partial charge in [-0.1, -0.05) is 5.16 Å². The second kappa shape index (κ2) is 3.95. The van der Waals surface area contributed by atoms with Crippen molar-refractivity contribution in [3.63, 3.8) is 0 Å². The predicted octanol–water partition coefficient (Wildman–Crippen LogP) is 1.58. The molecule has 0 aromatic carbocycles. The van der Waals surface area contributed by atoms with E-state index in [0.29, 0.717) is 17.6 Å². The summed E-state index contributed by atoms with van der Waals surface area (Å²) in [4.78, 5) is 8.55. The third-order valence-electron chi connectivity index (χ3n) is 2.53. The number of hydrogen-bond acceptors (Lipinski definition) is 5. The van der Waals surface area contributed by atoms with Gasteiger partial charge in [0.1, 0.15) is 5.69 Å². The molecule has 82 valence electrons. The Kier molecular flexibility index (Phi) is 2.45. The summed E-state index contributed by atoms with van der Waals surface area (Å²) in [6, 6.07) is 3.76. The highest BCUT2D eigenvalue weighted by Crippen LogP contribution is 2.21. The molecule has 1 fully saturated rings. The molecule has 0 unspecified atom stereocenters. The predicted molar refractivity (Wildman–Crippen MR) is 60.8 cm³/mol. The van der Waals surface area contributed by atoms with Crippen LogP contribution in [0.5, 0.6) is 0 Å². The van der Waals surface area contributed by atoms with Gasteiger partial charge in [-0.15, -0.1) is 0 Å². The average Bonchev–Trinajstić information content (AvgIpc) is 2.65. The lowest BCUT2D eigenvalue weighted by Crippen LogP contribution is -2.40. The number of aromatic nitrogens is 3. The molecule has 16 heavy (non-hydrogen) atoms. The van der Waals surface area contributed by atoms with E-state index < -0.39 is 0 Å². The standard InChI is InChI=1S/C10H9BrN4O/c11-7-1-2-8(13-5-7)9-14-10(16-15-9)6-3-12-4-6/h1-2,5-6,12H,3-4H2. The molecule has 3 heterocycles. The molecule has 1 aliphatic rings. The van der Waals surface area contributed by atoms with Crippen LogP contribution in [0.15, 0.2) is 27.3 Å². The fraction of sp³-hybridized carbons (Fsp3) is 0.300. The lowest BCUT2D eigenvalue weighted by atomic mass is 10.0. The van der Waals surface area contributed by atoms with Crippen LogP contribution in [0.1, 0.15) is 11.8 Å². The lowest BCUT2D eigenvalue weighted by Gasteiger charge is -2.22. The maximum Gasteiger partial charge on any atom is 0.232 e. The summed E-state index contributed by atoms with van der Waals surface area (Å²) in [7, 11) is 0. The third-order valence-corrected chi connectivity index (χ3v) is 3.00. The smallest absolute Gasteiger partial charge is 0.232 e. The number of hydrogen-bond donors (Lipinski definition) is 1. The zero-order valence-corrected chi connectivity index (χ0v) is 9.94. The van der Waals surface area contributed by atoms with Crippen molar-refractivity contribution in [2.45, 2.75) is 5.92 Å². The van der Waals surface area contributed by atoms with Gasteiger partial charge in [-0.2, -0.15) is 4.98 Å². The topological polar surface area (TPSA) is 63.8 Å². The van der Waals surface area contributed by atoms with Gasteiger partial charge < -0.3 is 9.84 Å². The summed E-state index contributed by atoms with van der Waals surface area (Å²) < 4.78 is 6.13. The number of nitrogens with one attached hydrogen (secondary N) is 1. The first-order valence-corrected chi connectivity index (χ1v) is 5.78. The molecule has 0 spiro atoms. The third kappa shape index (κ3) is 1.74. The number of nitrogens with zero attached hydrogens (tertiary/aromatic N) is 3. The fourth-order valence-electron chi connectivity index (χ4n) is 1.48. The highest BCUT2D eigenvalue weighted by molar-refractivity contribution is 9.10. The molecule has 0 atom stereocenters. The zero-order valence-electron chi connectivity index (χ0n) is 8.35. The van der Waals surface area contributed by atoms with Gasteiger partial charge in [0.2, 0.25) is 11.7 Å². The SMILES string of the molecule is Brc1ccc(-c2noc(C3CNC3)n2)nc1. The Labute approximate surface area is 100 Å². The van der Waals surface area contributed by atoms with E-state index in [2.05, 4.69) is 36.4 Å². The molecule has 2 aromatic rings. The molecule has 1 saturated heterocycles. The summed E-state index contributed by atoms with van der Waals surface area (Å²) >= 11 is 3.33. The average molecular weight is 281 g/mol. The molecule has 5 nitrogen and oxygen atoms in total. The van der Waals surface area contributed by atoms with Gasteiger partial charge in [-0.25, -0.2) is 0 Å². The second-order valence-electron chi connectivity index (χ2n) is 3.67. The molecule has 6 heteroatoms. The van der Waals surface area contributed by atoms with E-state index in [-0.39, 0.29) is 0 Å². The normalized spacial score (nSPS) is 16.1. The monoisotopic (exact) mass is 280 g/mol. The van der Waals surface area contributed by atoms with E-state index >= 15 is 0 Å². The summed E-state index contributed by atoms with van der Waals surface area (Å²) in [6.45, 7) is 1.82. The zero-order chi connectivity index (χ0) is 11.0.